The van der Waals surface area contributed by atoms with Gasteiger partial charge in [-0.2, -0.15) is 0 Å². The molecule has 4 aromatic rings. The van der Waals surface area contributed by atoms with E-state index >= 15 is 0 Å². The summed E-state index contributed by atoms with van der Waals surface area (Å²) in [5.74, 6) is 0.454. The zero-order chi connectivity index (χ0) is 15.6. The highest BCUT2D eigenvalue weighted by atomic mass is 14.9. The van der Waals surface area contributed by atoms with Gasteiger partial charge in [0.05, 0.1) is 11.7 Å². The first-order valence-corrected chi connectivity index (χ1v) is 7.63. The molecule has 2 N–H and O–H groups in total. The quantitative estimate of drug-likeness (QED) is 0.588. The van der Waals surface area contributed by atoms with Gasteiger partial charge < -0.3 is 5.73 Å². The Balaban J connectivity index is 1.76. The Kier molecular flexibility index (Phi) is 3.35. The lowest BCUT2D eigenvalue weighted by atomic mass is 10.0. The number of anilines is 1. The zero-order valence-electron chi connectivity index (χ0n) is 12.6. The molecule has 0 saturated carbocycles. The molecule has 4 nitrogen and oxygen atoms in total. The van der Waals surface area contributed by atoms with Crippen molar-refractivity contribution in [3.8, 4) is 0 Å². The molecule has 4 rings (SSSR count). The van der Waals surface area contributed by atoms with Gasteiger partial charge in [-0.15, -0.1) is 0 Å². The number of nitrogens with two attached hydrogens (primary N) is 1. The number of aryl methyl sites for hydroxylation is 2. The van der Waals surface area contributed by atoms with Crippen LogP contribution in [0.5, 0.6) is 0 Å². The van der Waals surface area contributed by atoms with Gasteiger partial charge in [0.15, 0.2) is 5.82 Å². The molecule has 0 atom stereocenters. The third-order valence-electron chi connectivity index (χ3n) is 4.06. The van der Waals surface area contributed by atoms with E-state index in [2.05, 4.69) is 45.3 Å². The molecule has 0 amide bonds. The third-order valence-corrected chi connectivity index (χ3v) is 4.06. The fourth-order valence-electron chi connectivity index (χ4n) is 2.87. The molecular formula is C19H16N4. The number of aromatic nitrogens is 3. The second-order valence-corrected chi connectivity index (χ2v) is 5.62. The normalized spacial score (nSPS) is 11.1. The Morgan fingerprint density at radius 2 is 1.70 bits per heavy atom. The van der Waals surface area contributed by atoms with Gasteiger partial charge in [0.25, 0.3) is 0 Å². The van der Waals surface area contributed by atoms with Crippen molar-refractivity contribution in [1.82, 2.24) is 15.0 Å². The van der Waals surface area contributed by atoms with E-state index in [1.54, 1.807) is 12.4 Å². The largest absolute Gasteiger partial charge is 0.382 e. The minimum absolute atomic E-state index is 0.454. The van der Waals surface area contributed by atoms with Crippen molar-refractivity contribution in [1.29, 1.82) is 0 Å². The van der Waals surface area contributed by atoms with E-state index in [0.29, 0.717) is 5.82 Å². The maximum Gasteiger partial charge on any atom is 0.150 e. The highest BCUT2D eigenvalue weighted by molar-refractivity contribution is 6.07. The number of pyridine rings is 3. The first-order valence-electron chi connectivity index (χ1n) is 7.63. The van der Waals surface area contributed by atoms with Gasteiger partial charge in [-0.25, -0.2) is 4.98 Å². The molecular weight excluding hydrogens is 284 g/mol. The number of benzene rings is 1. The lowest BCUT2D eigenvalue weighted by molar-refractivity contribution is 0.955. The molecule has 0 fully saturated rings. The van der Waals surface area contributed by atoms with Crippen LogP contribution >= 0.6 is 0 Å². The van der Waals surface area contributed by atoms with Crippen molar-refractivity contribution < 1.29 is 0 Å². The Morgan fingerprint density at radius 1 is 0.870 bits per heavy atom. The van der Waals surface area contributed by atoms with Crippen LogP contribution in [0.2, 0.25) is 0 Å². The van der Waals surface area contributed by atoms with Gasteiger partial charge >= 0.3 is 0 Å². The zero-order valence-corrected chi connectivity index (χ0v) is 12.6. The van der Waals surface area contributed by atoms with Gasteiger partial charge in [-0.05, 0) is 36.1 Å². The lowest BCUT2D eigenvalue weighted by Crippen LogP contribution is -1.98. The van der Waals surface area contributed by atoms with Crippen LogP contribution in [-0.4, -0.2) is 15.0 Å². The Bertz CT molecular complexity index is 980. The van der Waals surface area contributed by atoms with Crippen LogP contribution in [0, 0.1) is 0 Å². The summed E-state index contributed by atoms with van der Waals surface area (Å²) in [5, 5.41) is 2.08. The lowest BCUT2D eigenvalue weighted by Gasteiger charge is -2.08. The molecule has 0 unspecified atom stereocenters. The van der Waals surface area contributed by atoms with Gasteiger partial charge in [-0.3, -0.25) is 9.97 Å². The number of nitrogens with zero attached hydrogens (tertiary/aromatic N) is 3. The van der Waals surface area contributed by atoms with E-state index < -0.39 is 0 Å². The highest BCUT2D eigenvalue weighted by Gasteiger charge is 2.08. The van der Waals surface area contributed by atoms with Gasteiger partial charge in [0.1, 0.15) is 5.52 Å². The minimum atomic E-state index is 0.454. The summed E-state index contributed by atoms with van der Waals surface area (Å²) < 4.78 is 0. The summed E-state index contributed by atoms with van der Waals surface area (Å²) in [5.41, 5.74) is 10.1. The number of fused-ring (bicyclic) bond motifs is 3. The van der Waals surface area contributed by atoms with Crippen LogP contribution in [0.4, 0.5) is 5.82 Å². The fraction of sp³-hybridized carbons (Fsp3) is 0.105. The molecule has 0 aliphatic heterocycles. The predicted octanol–water partition coefficient (Wildman–Crippen LogP) is 3.55. The van der Waals surface area contributed by atoms with Crippen LogP contribution in [0.25, 0.3) is 21.8 Å². The van der Waals surface area contributed by atoms with E-state index in [4.69, 9.17) is 5.73 Å². The predicted molar refractivity (Wildman–Crippen MR) is 93.1 cm³/mol. The maximum absolute atomic E-state index is 6.04. The molecule has 112 valence electrons. The second kappa shape index (κ2) is 5.65. The number of hydrogen-bond acceptors (Lipinski definition) is 4. The first kappa shape index (κ1) is 13.6. The van der Waals surface area contributed by atoms with Gasteiger partial charge in [0.2, 0.25) is 0 Å². The van der Waals surface area contributed by atoms with Crippen molar-refractivity contribution in [2.45, 2.75) is 12.8 Å². The molecule has 3 aromatic heterocycles. The average molecular weight is 300 g/mol. The Hall–Kier alpha value is -3.01. The number of hydrogen-bond donors (Lipinski definition) is 1. The number of rotatable bonds is 3. The average Bonchev–Trinajstić information content (AvgIpc) is 2.61. The molecule has 0 spiro atoms. The highest BCUT2D eigenvalue weighted by Crippen LogP contribution is 2.26. The third kappa shape index (κ3) is 2.59. The molecule has 0 saturated heterocycles. The molecule has 3 heterocycles. The minimum Gasteiger partial charge on any atom is -0.382 e. The molecule has 0 aliphatic rings. The molecule has 1 aromatic carbocycles. The topological polar surface area (TPSA) is 64.7 Å². The molecule has 0 bridgehead atoms. The van der Waals surface area contributed by atoms with Crippen molar-refractivity contribution in [3.63, 3.8) is 0 Å². The summed E-state index contributed by atoms with van der Waals surface area (Å²) in [4.78, 5) is 13.0. The molecule has 4 heteroatoms. The van der Waals surface area contributed by atoms with E-state index in [1.807, 2.05) is 18.3 Å². The van der Waals surface area contributed by atoms with Gasteiger partial charge in [-0.1, -0.05) is 30.3 Å². The van der Waals surface area contributed by atoms with E-state index in [0.717, 1.165) is 34.6 Å². The SMILES string of the molecule is Nc1nc2cnccc2c2cc(CCc3ccccc3)cnc12. The van der Waals surface area contributed by atoms with Crippen LogP contribution in [0.15, 0.2) is 61.1 Å². The number of nitrogen functional groups attached to an aromatic ring is 1. The first-order chi connectivity index (χ1) is 11.3. The second-order valence-electron chi connectivity index (χ2n) is 5.62. The van der Waals surface area contributed by atoms with Crippen LogP contribution in [-0.2, 0) is 12.8 Å². The van der Waals surface area contributed by atoms with E-state index in [9.17, 15) is 0 Å². The monoisotopic (exact) mass is 300 g/mol. The summed E-state index contributed by atoms with van der Waals surface area (Å²) >= 11 is 0. The summed E-state index contributed by atoms with van der Waals surface area (Å²) in [6, 6.07) is 14.6. The molecule has 0 radical (unpaired) electrons. The summed E-state index contributed by atoms with van der Waals surface area (Å²) in [6.45, 7) is 0. The molecule has 0 aliphatic carbocycles. The van der Waals surface area contributed by atoms with E-state index in [-0.39, 0.29) is 0 Å². The van der Waals surface area contributed by atoms with Gasteiger partial charge in [0, 0.05) is 23.2 Å². The summed E-state index contributed by atoms with van der Waals surface area (Å²) in [6.07, 6.45) is 7.35. The maximum atomic E-state index is 6.04. The van der Waals surface area contributed by atoms with Crippen molar-refractivity contribution >= 4 is 27.6 Å². The van der Waals surface area contributed by atoms with Crippen molar-refractivity contribution in [2.24, 2.45) is 0 Å². The van der Waals surface area contributed by atoms with Crippen LogP contribution < -0.4 is 5.73 Å². The molecule has 23 heavy (non-hydrogen) atoms. The van der Waals surface area contributed by atoms with Crippen molar-refractivity contribution in [2.75, 3.05) is 5.73 Å². The Morgan fingerprint density at radius 3 is 2.57 bits per heavy atom. The van der Waals surface area contributed by atoms with Crippen LogP contribution in [0.3, 0.4) is 0 Å². The van der Waals surface area contributed by atoms with Crippen molar-refractivity contribution in [3.05, 3.63) is 72.2 Å². The Labute approximate surface area is 134 Å². The van der Waals surface area contributed by atoms with E-state index in [1.165, 1.54) is 11.1 Å². The smallest absolute Gasteiger partial charge is 0.150 e. The van der Waals surface area contributed by atoms with Crippen LogP contribution in [0.1, 0.15) is 11.1 Å². The fourth-order valence-corrected chi connectivity index (χ4v) is 2.87. The summed E-state index contributed by atoms with van der Waals surface area (Å²) in [7, 11) is 0. The standard InChI is InChI=1S/C19H16N4/c20-19-18-16(15-8-9-21-12-17(15)23-19)10-14(11-22-18)7-6-13-4-2-1-3-5-13/h1-5,8-12H,6-7H2,(H2,20,23).